The second kappa shape index (κ2) is 6.55. The Balaban J connectivity index is 2.86. The van der Waals surface area contributed by atoms with Gasteiger partial charge in [-0.25, -0.2) is 0 Å². The van der Waals surface area contributed by atoms with E-state index in [1.807, 2.05) is 0 Å². The van der Waals surface area contributed by atoms with E-state index in [-0.39, 0.29) is 5.41 Å². The van der Waals surface area contributed by atoms with Crippen molar-refractivity contribution in [2.75, 3.05) is 13.7 Å². The molecule has 0 amide bonds. The molecule has 1 fully saturated rings. The Kier molecular flexibility index (Phi) is 5.69. The van der Waals surface area contributed by atoms with E-state index in [0.29, 0.717) is 18.8 Å². The van der Waals surface area contributed by atoms with Crippen LogP contribution in [0.2, 0.25) is 0 Å². The molecule has 6 heteroatoms. The lowest BCUT2D eigenvalue weighted by Crippen LogP contribution is -2.55. The Bertz CT molecular complexity index is 363. The second-order valence-corrected chi connectivity index (χ2v) is 7.04. The number of esters is 1. The van der Waals surface area contributed by atoms with Gasteiger partial charge in [0.25, 0.3) is 0 Å². The van der Waals surface area contributed by atoms with Crippen molar-refractivity contribution in [3.8, 4) is 0 Å². The first-order valence-corrected chi connectivity index (χ1v) is 7.40. The molecule has 2 atom stereocenters. The summed E-state index contributed by atoms with van der Waals surface area (Å²) in [6.07, 6.45) is -1.18. The van der Waals surface area contributed by atoms with Crippen molar-refractivity contribution in [1.82, 2.24) is 5.32 Å². The van der Waals surface area contributed by atoms with Gasteiger partial charge in [-0.2, -0.15) is 13.2 Å². The van der Waals surface area contributed by atoms with Crippen LogP contribution in [-0.2, 0) is 9.53 Å². The first kappa shape index (κ1) is 18.3. The molecule has 0 saturated heterocycles. The Morgan fingerprint density at radius 2 is 1.86 bits per heavy atom. The van der Waals surface area contributed by atoms with Gasteiger partial charge in [0.05, 0.1) is 13.7 Å². The maximum atomic E-state index is 12.5. The Hall–Kier alpha value is -0.780. The van der Waals surface area contributed by atoms with Crippen molar-refractivity contribution in [2.24, 2.45) is 11.3 Å². The standard InChI is InChI=1S/C15H26F3NO2/c1-13(2,3)11-6-5-8-14(9-7-11,12(20)21-4)19-10-15(16,17)18/h11,19H,5-10H2,1-4H3. The van der Waals surface area contributed by atoms with Crippen LogP contribution in [0.3, 0.4) is 0 Å². The molecule has 0 radical (unpaired) electrons. The van der Waals surface area contributed by atoms with E-state index in [1.54, 1.807) is 0 Å². The Labute approximate surface area is 124 Å². The van der Waals surface area contributed by atoms with Gasteiger partial charge >= 0.3 is 12.1 Å². The molecule has 124 valence electrons. The molecule has 0 aromatic heterocycles. The minimum Gasteiger partial charge on any atom is -0.468 e. The molecule has 0 aromatic rings. The van der Waals surface area contributed by atoms with Gasteiger partial charge in [0.15, 0.2) is 0 Å². The van der Waals surface area contributed by atoms with Crippen LogP contribution in [0.5, 0.6) is 0 Å². The van der Waals surface area contributed by atoms with Crippen molar-refractivity contribution < 1.29 is 22.7 Å². The molecular weight excluding hydrogens is 283 g/mol. The van der Waals surface area contributed by atoms with Gasteiger partial charge in [-0.05, 0) is 37.0 Å². The fourth-order valence-corrected chi connectivity index (χ4v) is 3.12. The fourth-order valence-electron chi connectivity index (χ4n) is 3.12. The van der Waals surface area contributed by atoms with Crippen LogP contribution < -0.4 is 5.32 Å². The molecule has 0 heterocycles. The van der Waals surface area contributed by atoms with Crippen LogP contribution in [0.1, 0.15) is 52.9 Å². The molecule has 3 nitrogen and oxygen atoms in total. The molecule has 21 heavy (non-hydrogen) atoms. The number of alkyl halides is 3. The molecule has 0 aromatic carbocycles. The molecule has 0 aliphatic heterocycles. The molecule has 1 aliphatic carbocycles. The summed E-state index contributed by atoms with van der Waals surface area (Å²) >= 11 is 0. The van der Waals surface area contributed by atoms with Crippen LogP contribution in [0.4, 0.5) is 13.2 Å². The van der Waals surface area contributed by atoms with Crippen LogP contribution >= 0.6 is 0 Å². The third-order valence-electron chi connectivity index (χ3n) is 4.50. The molecule has 1 aliphatic rings. The topological polar surface area (TPSA) is 38.3 Å². The zero-order valence-corrected chi connectivity index (χ0v) is 13.3. The van der Waals surface area contributed by atoms with Gasteiger partial charge in [0.2, 0.25) is 0 Å². The summed E-state index contributed by atoms with van der Waals surface area (Å²) in [5, 5.41) is 2.44. The molecule has 0 spiro atoms. The zero-order chi connectivity index (χ0) is 16.3. The summed E-state index contributed by atoms with van der Waals surface area (Å²) in [7, 11) is 1.23. The Morgan fingerprint density at radius 1 is 1.24 bits per heavy atom. The van der Waals surface area contributed by atoms with Crippen molar-refractivity contribution in [3.63, 3.8) is 0 Å². The minimum absolute atomic E-state index is 0.0935. The normalized spacial score (nSPS) is 28.0. The largest absolute Gasteiger partial charge is 0.468 e. The first-order valence-electron chi connectivity index (χ1n) is 7.40. The van der Waals surface area contributed by atoms with Gasteiger partial charge in [-0.15, -0.1) is 0 Å². The molecule has 2 unspecified atom stereocenters. The number of hydrogen-bond acceptors (Lipinski definition) is 3. The molecule has 1 saturated carbocycles. The van der Waals surface area contributed by atoms with E-state index < -0.39 is 24.2 Å². The monoisotopic (exact) mass is 309 g/mol. The van der Waals surface area contributed by atoms with Crippen LogP contribution in [0.15, 0.2) is 0 Å². The highest BCUT2D eigenvalue weighted by Crippen LogP contribution is 2.40. The molecule has 1 rings (SSSR count). The number of hydrogen-bond donors (Lipinski definition) is 1. The lowest BCUT2D eigenvalue weighted by molar-refractivity contribution is -0.154. The fraction of sp³-hybridized carbons (Fsp3) is 0.933. The smallest absolute Gasteiger partial charge is 0.401 e. The number of nitrogens with one attached hydrogen (secondary N) is 1. The minimum atomic E-state index is -4.34. The number of carbonyl (C=O) groups excluding carboxylic acids is 1. The van der Waals surface area contributed by atoms with Crippen molar-refractivity contribution in [3.05, 3.63) is 0 Å². The quantitative estimate of drug-likeness (QED) is 0.638. The molecule has 0 bridgehead atoms. The predicted molar refractivity (Wildman–Crippen MR) is 74.8 cm³/mol. The maximum Gasteiger partial charge on any atom is 0.401 e. The van der Waals surface area contributed by atoms with Gasteiger partial charge in [-0.1, -0.05) is 27.2 Å². The van der Waals surface area contributed by atoms with Gasteiger partial charge < -0.3 is 4.74 Å². The summed E-state index contributed by atoms with van der Waals surface area (Å²) in [4.78, 5) is 12.1. The highest BCUT2D eigenvalue weighted by molar-refractivity contribution is 5.80. The van der Waals surface area contributed by atoms with E-state index in [1.165, 1.54) is 7.11 Å². The van der Waals surface area contributed by atoms with E-state index >= 15 is 0 Å². The number of methoxy groups -OCH3 is 1. The lowest BCUT2D eigenvalue weighted by Gasteiger charge is -2.33. The number of ether oxygens (including phenoxy) is 1. The van der Waals surface area contributed by atoms with Crippen LogP contribution in [-0.4, -0.2) is 31.3 Å². The van der Waals surface area contributed by atoms with Crippen LogP contribution in [0, 0.1) is 11.3 Å². The van der Waals surface area contributed by atoms with E-state index in [0.717, 1.165) is 19.3 Å². The number of halogens is 3. The Morgan fingerprint density at radius 3 is 2.33 bits per heavy atom. The summed E-state index contributed by atoms with van der Waals surface area (Å²) in [5.41, 5.74) is -1.11. The summed E-state index contributed by atoms with van der Waals surface area (Å²) in [5.74, 6) is -0.182. The highest BCUT2D eigenvalue weighted by atomic mass is 19.4. The third kappa shape index (κ3) is 5.16. The van der Waals surface area contributed by atoms with Crippen LogP contribution in [0.25, 0.3) is 0 Å². The van der Waals surface area contributed by atoms with E-state index in [4.69, 9.17) is 4.74 Å². The third-order valence-corrected chi connectivity index (χ3v) is 4.50. The average molecular weight is 309 g/mol. The number of carbonyl (C=O) groups is 1. The molecular formula is C15H26F3NO2. The number of rotatable bonds is 3. The maximum absolute atomic E-state index is 12.5. The predicted octanol–water partition coefficient (Wildman–Crippen LogP) is 3.68. The highest BCUT2D eigenvalue weighted by Gasteiger charge is 2.44. The SMILES string of the molecule is COC(=O)C1(NCC(F)(F)F)CCCC(C(C)(C)C)CC1. The second-order valence-electron chi connectivity index (χ2n) is 7.04. The summed E-state index contributed by atoms with van der Waals surface area (Å²) < 4.78 is 42.3. The van der Waals surface area contributed by atoms with Crippen molar-refractivity contribution >= 4 is 5.97 Å². The van der Waals surface area contributed by atoms with E-state index in [9.17, 15) is 18.0 Å². The lowest BCUT2D eigenvalue weighted by atomic mass is 9.76. The first-order chi connectivity index (χ1) is 9.50. The zero-order valence-electron chi connectivity index (χ0n) is 13.3. The van der Waals surface area contributed by atoms with Gasteiger partial charge in [0, 0.05) is 0 Å². The van der Waals surface area contributed by atoms with Crippen molar-refractivity contribution in [2.45, 2.75) is 64.6 Å². The van der Waals surface area contributed by atoms with Gasteiger partial charge in [0.1, 0.15) is 5.54 Å². The van der Waals surface area contributed by atoms with Crippen molar-refractivity contribution in [1.29, 1.82) is 0 Å². The van der Waals surface area contributed by atoms with E-state index in [2.05, 4.69) is 26.1 Å². The average Bonchev–Trinajstić information content (AvgIpc) is 2.57. The summed E-state index contributed by atoms with van der Waals surface area (Å²) in [6, 6.07) is 0. The molecule has 1 N–H and O–H groups in total. The van der Waals surface area contributed by atoms with Gasteiger partial charge in [-0.3, -0.25) is 10.1 Å². The summed E-state index contributed by atoms with van der Waals surface area (Å²) in [6.45, 7) is 5.23.